The number of likely N-dealkylation sites (N-methyl/N-ethyl adjacent to an activating group) is 1. The normalized spacial score (nSPS) is 27.5. The summed E-state index contributed by atoms with van der Waals surface area (Å²) in [4.78, 5) is 26.4. The number of carbonyl (C=O) groups excluding carboxylic acids is 1. The first kappa shape index (κ1) is 26.2. The van der Waals surface area contributed by atoms with E-state index in [1.165, 1.54) is 5.57 Å². The molecule has 36 heavy (non-hydrogen) atoms. The van der Waals surface area contributed by atoms with Crippen LogP contribution in [0.2, 0.25) is 0 Å². The zero-order valence-electron chi connectivity index (χ0n) is 21.8. The number of hydrogen-bond acceptors (Lipinski definition) is 7. The molecule has 0 spiro atoms. The number of nitrogens with zero attached hydrogens (tertiary/aromatic N) is 5. The number of rotatable bonds is 8. The minimum Gasteiger partial charge on any atom is -0.497 e. The molecule has 1 aliphatic carbocycles. The molecular weight excluding hydrogens is 454 g/mol. The van der Waals surface area contributed by atoms with Crippen molar-refractivity contribution in [3.8, 4) is 0 Å². The van der Waals surface area contributed by atoms with Gasteiger partial charge in [0.25, 0.3) is 0 Å². The Hall–Kier alpha value is -2.91. The van der Waals surface area contributed by atoms with Gasteiger partial charge in [0.1, 0.15) is 12.1 Å². The maximum absolute atomic E-state index is 12.3. The van der Waals surface area contributed by atoms with Gasteiger partial charge in [-0.05, 0) is 51.3 Å². The molecule has 3 heterocycles. The van der Waals surface area contributed by atoms with Crippen molar-refractivity contribution < 1.29 is 9.53 Å². The Kier molecular flexibility index (Phi) is 8.98. The van der Waals surface area contributed by atoms with Crippen LogP contribution in [0, 0.1) is 5.92 Å². The molecule has 1 fully saturated rings. The highest BCUT2D eigenvalue weighted by Gasteiger charge is 2.41. The van der Waals surface area contributed by atoms with Crippen molar-refractivity contribution in [1.29, 1.82) is 0 Å². The fourth-order valence-corrected chi connectivity index (χ4v) is 5.50. The lowest BCUT2D eigenvalue weighted by Gasteiger charge is -2.39. The molecule has 0 saturated carbocycles. The summed E-state index contributed by atoms with van der Waals surface area (Å²) in [6.45, 7) is 5.84. The number of allylic oxidation sites excluding steroid dienone is 4. The van der Waals surface area contributed by atoms with Crippen molar-refractivity contribution in [3.05, 3.63) is 54.4 Å². The standard InChI is InChI=1S/C27H41N7O2/c1-20-25(31-27(32(20)2)34-16-13-30-19-34)24-17-22(26(28)35)8-4-5-14-33(24)15-12-29-18-21-7-6-9-23(36-3)11-10-21/h6-7,9,11,13,16,19-20,22,24-25,29H,4-5,8,10,12,14-15,17-18H2,1-3H3,(H2,28,35). The van der Waals surface area contributed by atoms with Gasteiger partial charge in [-0.1, -0.05) is 24.1 Å². The van der Waals surface area contributed by atoms with Gasteiger partial charge in [-0.3, -0.25) is 14.3 Å². The third-order valence-corrected chi connectivity index (χ3v) is 7.78. The highest BCUT2D eigenvalue weighted by Crippen LogP contribution is 2.30. The highest BCUT2D eigenvalue weighted by molar-refractivity contribution is 5.84. The SMILES string of the molecule is COC1=CCC(CNCCN2CCCCC(C(N)=O)CC2C2N=C(n3ccnc3)N(C)C2C)=CC=C1. The third kappa shape index (κ3) is 6.25. The summed E-state index contributed by atoms with van der Waals surface area (Å²) in [6, 6.07) is 0.412. The summed E-state index contributed by atoms with van der Waals surface area (Å²) in [5.41, 5.74) is 7.17. The largest absolute Gasteiger partial charge is 0.497 e. The van der Waals surface area contributed by atoms with Crippen LogP contribution in [0.3, 0.4) is 0 Å². The molecule has 1 aromatic heterocycles. The van der Waals surface area contributed by atoms with Crippen LogP contribution in [0.1, 0.15) is 39.0 Å². The molecule has 9 heteroatoms. The number of aliphatic imine (C=N–C) groups is 1. The van der Waals surface area contributed by atoms with Gasteiger partial charge >= 0.3 is 0 Å². The molecular formula is C27H41N7O2. The number of carbonyl (C=O) groups is 1. The number of aromatic nitrogens is 2. The molecule has 1 amide bonds. The summed E-state index contributed by atoms with van der Waals surface area (Å²) < 4.78 is 7.31. The van der Waals surface area contributed by atoms with Crippen molar-refractivity contribution in [2.75, 3.05) is 40.3 Å². The Balaban J connectivity index is 1.45. The fraction of sp³-hybridized carbons (Fsp3) is 0.593. The van der Waals surface area contributed by atoms with Gasteiger partial charge in [0.05, 0.1) is 19.2 Å². The molecule has 4 unspecified atom stereocenters. The predicted octanol–water partition coefficient (Wildman–Crippen LogP) is 2.14. The molecule has 3 aliphatic rings. The second-order valence-electron chi connectivity index (χ2n) is 10.1. The van der Waals surface area contributed by atoms with Gasteiger partial charge < -0.3 is 20.7 Å². The number of ether oxygens (including phenoxy) is 1. The van der Waals surface area contributed by atoms with Crippen molar-refractivity contribution in [2.45, 2.75) is 57.2 Å². The van der Waals surface area contributed by atoms with Crippen LogP contribution in [0.4, 0.5) is 0 Å². The Bertz CT molecular complexity index is 998. The lowest BCUT2D eigenvalue weighted by atomic mass is 9.86. The number of likely N-dealkylation sites (tertiary alicyclic amines) is 1. The lowest BCUT2D eigenvalue weighted by Crippen LogP contribution is -2.52. The summed E-state index contributed by atoms with van der Waals surface area (Å²) in [5.74, 6) is 1.51. The van der Waals surface area contributed by atoms with E-state index in [1.807, 2.05) is 22.9 Å². The van der Waals surface area contributed by atoms with Gasteiger partial charge in [0.15, 0.2) is 0 Å². The molecule has 1 aromatic rings. The number of nitrogens with two attached hydrogens (primary N) is 1. The molecule has 1 saturated heterocycles. The van der Waals surface area contributed by atoms with Crippen LogP contribution in [-0.2, 0) is 9.53 Å². The van der Waals surface area contributed by atoms with Crippen molar-refractivity contribution >= 4 is 11.9 Å². The molecule has 0 aromatic carbocycles. The minimum absolute atomic E-state index is 0.0552. The molecule has 3 N–H and O–H groups in total. The van der Waals surface area contributed by atoms with Gasteiger partial charge in [-0.2, -0.15) is 0 Å². The van der Waals surface area contributed by atoms with E-state index in [2.05, 4.69) is 46.2 Å². The van der Waals surface area contributed by atoms with Crippen molar-refractivity contribution in [3.63, 3.8) is 0 Å². The van der Waals surface area contributed by atoms with E-state index in [-0.39, 0.29) is 30.0 Å². The van der Waals surface area contributed by atoms with Crippen LogP contribution in [0.5, 0.6) is 0 Å². The van der Waals surface area contributed by atoms with E-state index in [1.54, 1.807) is 19.6 Å². The predicted molar refractivity (Wildman–Crippen MR) is 142 cm³/mol. The van der Waals surface area contributed by atoms with Crippen LogP contribution in [0.15, 0.2) is 59.3 Å². The zero-order valence-corrected chi connectivity index (χ0v) is 21.8. The minimum atomic E-state index is -0.186. The third-order valence-electron chi connectivity index (χ3n) is 7.78. The maximum Gasteiger partial charge on any atom is 0.220 e. The monoisotopic (exact) mass is 495 g/mol. The fourth-order valence-electron chi connectivity index (χ4n) is 5.50. The number of amides is 1. The number of methoxy groups -OCH3 is 1. The van der Waals surface area contributed by atoms with Crippen molar-refractivity contribution in [1.82, 2.24) is 24.7 Å². The van der Waals surface area contributed by atoms with Crippen LogP contribution >= 0.6 is 0 Å². The average molecular weight is 496 g/mol. The molecule has 0 radical (unpaired) electrons. The van der Waals surface area contributed by atoms with Gasteiger partial charge in [-0.15, -0.1) is 0 Å². The molecule has 0 bridgehead atoms. The summed E-state index contributed by atoms with van der Waals surface area (Å²) in [6.07, 6.45) is 18.4. The van der Waals surface area contributed by atoms with E-state index in [0.29, 0.717) is 0 Å². The Morgan fingerprint density at radius 1 is 1.33 bits per heavy atom. The van der Waals surface area contributed by atoms with Crippen molar-refractivity contribution in [2.24, 2.45) is 16.6 Å². The topological polar surface area (TPSA) is 101 Å². The van der Waals surface area contributed by atoms with E-state index in [0.717, 1.165) is 70.0 Å². The van der Waals surface area contributed by atoms with E-state index < -0.39 is 0 Å². The van der Waals surface area contributed by atoms with Gasteiger partial charge in [0.2, 0.25) is 11.9 Å². The van der Waals surface area contributed by atoms with Crippen LogP contribution in [-0.4, -0.2) is 89.7 Å². The second kappa shape index (κ2) is 12.4. The Morgan fingerprint density at radius 3 is 2.94 bits per heavy atom. The Labute approximate surface area is 214 Å². The number of nitrogens with one attached hydrogen (secondary N) is 1. The van der Waals surface area contributed by atoms with Crippen LogP contribution in [0.25, 0.3) is 0 Å². The maximum atomic E-state index is 12.3. The molecule has 4 atom stereocenters. The first-order valence-corrected chi connectivity index (χ1v) is 13.1. The van der Waals surface area contributed by atoms with E-state index >= 15 is 0 Å². The summed E-state index contributed by atoms with van der Waals surface area (Å²) >= 11 is 0. The number of hydrogen-bond donors (Lipinski definition) is 2. The lowest BCUT2D eigenvalue weighted by molar-refractivity contribution is -0.123. The first-order chi connectivity index (χ1) is 17.5. The molecule has 4 rings (SSSR count). The first-order valence-electron chi connectivity index (χ1n) is 13.1. The van der Waals surface area contributed by atoms with Gasteiger partial charge in [0, 0.05) is 51.0 Å². The highest BCUT2D eigenvalue weighted by atomic mass is 16.5. The zero-order chi connectivity index (χ0) is 25.5. The number of primary amides is 1. The van der Waals surface area contributed by atoms with Crippen LogP contribution < -0.4 is 11.1 Å². The molecule has 9 nitrogen and oxygen atoms in total. The summed E-state index contributed by atoms with van der Waals surface area (Å²) in [7, 11) is 3.79. The van der Waals surface area contributed by atoms with Gasteiger partial charge in [-0.25, -0.2) is 9.98 Å². The van der Waals surface area contributed by atoms with E-state index in [4.69, 9.17) is 15.5 Å². The summed E-state index contributed by atoms with van der Waals surface area (Å²) in [5, 5.41) is 3.63. The quantitative estimate of drug-likeness (QED) is 0.536. The Morgan fingerprint density at radius 2 is 2.19 bits per heavy atom. The smallest absolute Gasteiger partial charge is 0.220 e. The van der Waals surface area contributed by atoms with E-state index in [9.17, 15) is 4.79 Å². The molecule has 2 aliphatic heterocycles. The molecule has 196 valence electrons. The number of imidazole rings is 1. The average Bonchev–Trinajstić information content (AvgIpc) is 3.41. The second-order valence-corrected chi connectivity index (χ2v) is 10.1.